The Morgan fingerprint density at radius 2 is 1.77 bits per heavy atom. The molecule has 0 saturated heterocycles. The normalized spacial score (nSPS) is 35.6. The summed E-state index contributed by atoms with van der Waals surface area (Å²) in [5.41, 5.74) is 0.732. The van der Waals surface area contributed by atoms with E-state index in [-0.39, 0.29) is 17.4 Å². The summed E-state index contributed by atoms with van der Waals surface area (Å²) in [6.07, 6.45) is 8.16. The van der Waals surface area contributed by atoms with Crippen molar-refractivity contribution in [3.8, 4) is 0 Å². The number of carbonyl (C=O) groups is 1. The Hall–Kier alpha value is -1.58. The van der Waals surface area contributed by atoms with Crippen molar-refractivity contribution < 1.29 is 4.79 Å². The van der Waals surface area contributed by atoms with Gasteiger partial charge in [-0.1, -0.05) is 0 Å². The molecular weight excluding hydrogens is 276 g/mol. The second kappa shape index (κ2) is 5.25. The fourth-order valence-corrected chi connectivity index (χ4v) is 5.43. The van der Waals surface area contributed by atoms with E-state index in [4.69, 9.17) is 0 Å². The average molecular weight is 300 g/mol. The van der Waals surface area contributed by atoms with Gasteiger partial charge in [0.25, 0.3) is 5.56 Å². The Morgan fingerprint density at radius 1 is 1.14 bits per heavy atom. The van der Waals surface area contributed by atoms with Crippen LogP contribution in [0.3, 0.4) is 0 Å². The predicted octanol–water partition coefficient (Wildman–Crippen LogP) is 2.88. The third kappa shape index (κ3) is 2.29. The van der Waals surface area contributed by atoms with E-state index in [1.807, 2.05) is 6.92 Å². The molecule has 0 aliphatic heterocycles. The van der Waals surface area contributed by atoms with E-state index in [1.165, 1.54) is 38.2 Å². The molecular formula is C18H24N2O2. The number of aryl methyl sites for hydroxylation is 1. The van der Waals surface area contributed by atoms with Crippen molar-refractivity contribution >= 4 is 11.6 Å². The van der Waals surface area contributed by atoms with Crippen LogP contribution >= 0.6 is 0 Å². The lowest BCUT2D eigenvalue weighted by molar-refractivity contribution is -0.132. The number of nitrogens with one attached hydrogen (secondary N) is 1. The highest BCUT2D eigenvalue weighted by Gasteiger charge is 2.50. The first-order valence-electron chi connectivity index (χ1n) is 8.65. The van der Waals surface area contributed by atoms with Crippen molar-refractivity contribution in [2.75, 3.05) is 5.32 Å². The zero-order valence-corrected chi connectivity index (χ0v) is 13.1. The standard InChI is InChI=1S/C18H24N2O2/c1-2-20-10-15(3-4-16(20)21)19-18(22)17-13-6-11-5-12(8-13)9-14(17)7-11/h3-4,10-14,17H,2,5-9H2,1H3,(H,19,22). The Labute approximate surface area is 130 Å². The Kier molecular flexibility index (Phi) is 3.35. The van der Waals surface area contributed by atoms with Crippen molar-refractivity contribution in [2.24, 2.45) is 29.6 Å². The minimum Gasteiger partial charge on any atom is -0.325 e. The maximum absolute atomic E-state index is 12.8. The molecule has 0 unspecified atom stereocenters. The van der Waals surface area contributed by atoms with Crippen LogP contribution in [0.15, 0.2) is 23.1 Å². The number of rotatable bonds is 3. The summed E-state index contributed by atoms with van der Waals surface area (Å²) < 4.78 is 1.63. The predicted molar refractivity (Wildman–Crippen MR) is 85.5 cm³/mol. The highest BCUT2D eigenvalue weighted by molar-refractivity contribution is 5.93. The van der Waals surface area contributed by atoms with Crippen LogP contribution in [0.4, 0.5) is 5.69 Å². The molecule has 4 nitrogen and oxygen atoms in total. The molecule has 1 aromatic rings. The molecule has 4 bridgehead atoms. The number of pyridine rings is 1. The van der Waals surface area contributed by atoms with Crippen molar-refractivity contribution in [2.45, 2.75) is 45.6 Å². The SMILES string of the molecule is CCn1cc(NC(=O)C2C3CC4CC(C3)CC2C4)ccc1=O. The molecule has 4 aliphatic rings. The van der Waals surface area contributed by atoms with Gasteiger partial charge >= 0.3 is 0 Å². The quantitative estimate of drug-likeness (QED) is 0.933. The molecule has 0 spiro atoms. The van der Waals surface area contributed by atoms with Crippen molar-refractivity contribution in [3.05, 3.63) is 28.7 Å². The van der Waals surface area contributed by atoms with Gasteiger partial charge in [0.15, 0.2) is 0 Å². The lowest BCUT2D eigenvalue weighted by Crippen LogP contribution is -2.49. The molecule has 0 radical (unpaired) electrons. The number of aromatic nitrogens is 1. The van der Waals surface area contributed by atoms with Gasteiger partial charge in [0, 0.05) is 24.7 Å². The molecule has 1 N–H and O–H groups in total. The third-order valence-electron chi connectivity index (χ3n) is 6.12. The van der Waals surface area contributed by atoms with E-state index in [2.05, 4.69) is 5.32 Å². The number of hydrogen-bond acceptors (Lipinski definition) is 2. The van der Waals surface area contributed by atoms with Gasteiger partial charge in [-0.2, -0.15) is 0 Å². The van der Waals surface area contributed by atoms with Gasteiger partial charge in [0.2, 0.25) is 5.91 Å². The molecule has 118 valence electrons. The van der Waals surface area contributed by atoms with Gasteiger partial charge in [0.1, 0.15) is 0 Å². The van der Waals surface area contributed by atoms with E-state index in [0.717, 1.165) is 17.5 Å². The van der Waals surface area contributed by atoms with Crippen LogP contribution in [0, 0.1) is 29.6 Å². The molecule has 0 aromatic carbocycles. The van der Waals surface area contributed by atoms with Crippen LogP contribution in [0.2, 0.25) is 0 Å². The molecule has 4 heteroatoms. The van der Waals surface area contributed by atoms with Gasteiger partial charge in [-0.15, -0.1) is 0 Å². The number of anilines is 1. The fraction of sp³-hybridized carbons (Fsp3) is 0.667. The van der Waals surface area contributed by atoms with Gasteiger partial charge in [0.05, 0.1) is 5.69 Å². The Bertz CT molecular complexity index is 621. The minimum absolute atomic E-state index is 0.0184. The smallest absolute Gasteiger partial charge is 0.250 e. The van der Waals surface area contributed by atoms with E-state index in [1.54, 1.807) is 16.8 Å². The molecule has 22 heavy (non-hydrogen) atoms. The topological polar surface area (TPSA) is 51.1 Å². The summed E-state index contributed by atoms with van der Waals surface area (Å²) in [7, 11) is 0. The third-order valence-corrected chi connectivity index (χ3v) is 6.12. The maximum Gasteiger partial charge on any atom is 0.250 e. The first-order valence-corrected chi connectivity index (χ1v) is 8.65. The Balaban J connectivity index is 1.52. The van der Waals surface area contributed by atoms with Gasteiger partial charge in [-0.3, -0.25) is 9.59 Å². The second-order valence-electron chi connectivity index (χ2n) is 7.49. The van der Waals surface area contributed by atoms with Crippen molar-refractivity contribution in [1.29, 1.82) is 0 Å². The fourth-order valence-electron chi connectivity index (χ4n) is 5.43. The molecule has 5 rings (SSSR count). The number of carbonyl (C=O) groups excluding carboxylic acids is 1. The van der Waals surface area contributed by atoms with Gasteiger partial charge < -0.3 is 9.88 Å². The zero-order chi connectivity index (χ0) is 15.3. The summed E-state index contributed by atoms with van der Waals surface area (Å²) >= 11 is 0. The largest absolute Gasteiger partial charge is 0.325 e. The summed E-state index contributed by atoms with van der Waals surface area (Å²) in [5.74, 6) is 3.31. The summed E-state index contributed by atoms with van der Waals surface area (Å²) in [6, 6.07) is 3.26. The van der Waals surface area contributed by atoms with E-state index in [9.17, 15) is 9.59 Å². The van der Waals surface area contributed by atoms with Crippen molar-refractivity contribution in [3.63, 3.8) is 0 Å². The molecule has 1 heterocycles. The first-order chi connectivity index (χ1) is 10.6. The molecule has 4 aliphatic carbocycles. The van der Waals surface area contributed by atoms with E-state index in [0.29, 0.717) is 18.4 Å². The van der Waals surface area contributed by atoms with Crippen LogP contribution in [0.5, 0.6) is 0 Å². The molecule has 4 fully saturated rings. The van der Waals surface area contributed by atoms with Crippen LogP contribution in [-0.2, 0) is 11.3 Å². The highest BCUT2D eigenvalue weighted by Crippen LogP contribution is 2.56. The van der Waals surface area contributed by atoms with Crippen molar-refractivity contribution in [1.82, 2.24) is 4.57 Å². The van der Waals surface area contributed by atoms with E-state index < -0.39 is 0 Å². The minimum atomic E-state index is -0.0184. The Morgan fingerprint density at radius 3 is 2.36 bits per heavy atom. The zero-order valence-electron chi connectivity index (χ0n) is 13.1. The van der Waals surface area contributed by atoms with Crippen LogP contribution in [-0.4, -0.2) is 10.5 Å². The molecule has 1 amide bonds. The lowest BCUT2D eigenvalue weighted by Gasteiger charge is -2.53. The number of nitrogens with zero attached hydrogens (tertiary/aromatic N) is 1. The van der Waals surface area contributed by atoms with E-state index >= 15 is 0 Å². The molecule has 1 aromatic heterocycles. The number of amides is 1. The maximum atomic E-state index is 12.8. The molecule has 4 saturated carbocycles. The number of hydrogen-bond donors (Lipinski definition) is 1. The lowest BCUT2D eigenvalue weighted by atomic mass is 9.51. The van der Waals surface area contributed by atoms with Gasteiger partial charge in [-0.25, -0.2) is 0 Å². The first kappa shape index (κ1) is 14.0. The second-order valence-corrected chi connectivity index (χ2v) is 7.49. The van der Waals surface area contributed by atoms with Crippen LogP contribution in [0.1, 0.15) is 39.0 Å². The summed E-state index contributed by atoms with van der Waals surface area (Å²) in [4.78, 5) is 24.4. The van der Waals surface area contributed by atoms with Crippen LogP contribution < -0.4 is 10.9 Å². The van der Waals surface area contributed by atoms with Gasteiger partial charge in [-0.05, 0) is 68.8 Å². The average Bonchev–Trinajstić information content (AvgIpc) is 2.48. The summed E-state index contributed by atoms with van der Waals surface area (Å²) in [5, 5.41) is 3.07. The van der Waals surface area contributed by atoms with Crippen LogP contribution in [0.25, 0.3) is 0 Å². The highest BCUT2D eigenvalue weighted by atomic mass is 16.2. The monoisotopic (exact) mass is 300 g/mol. The summed E-state index contributed by atoms with van der Waals surface area (Å²) in [6.45, 7) is 2.56. The molecule has 0 atom stereocenters.